The van der Waals surface area contributed by atoms with Crippen molar-refractivity contribution in [3.63, 3.8) is 0 Å². The average molecular weight is 243 g/mol. The van der Waals surface area contributed by atoms with Gasteiger partial charge in [0.25, 0.3) is 0 Å². The highest BCUT2D eigenvalue weighted by atomic mass is 35.5. The van der Waals surface area contributed by atoms with Crippen LogP contribution in [0.2, 0.25) is 5.02 Å². The molecule has 0 spiro atoms. The SMILES string of the molecule is CCOCCC(CO)Cc1ccc(Cl)cc1. The van der Waals surface area contributed by atoms with Gasteiger partial charge in [0.1, 0.15) is 0 Å². The number of ether oxygens (including phenoxy) is 1. The molecule has 0 aliphatic carbocycles. The summed E-state index contributed by atoms with van der Waals surface area (Å²) in [5, 5.41) is 10.0. The third kappa shape index (κ3) is 4.97. The Morgan fingerprint density at radius 2 is 2.00 bits per heavy atom. The third-order valence-corrected chi connectivity index (χ3v) is 2.82. The highest BCUT2D eigenvalue weighted by molar-refractivity contribution is 6.30. The van der Waals surface area contributed by atoms with Crippen LogP contribution >= 0.6 is 11.6 Å². The zero-order valence-electron chi connectivity index (χ0n) is 9.66. The van der Waals surface area contributed by atoms with Crippen LogP contribution < -0.4 is 0 Å². The summed E-state index contributed by atoms with van der Waals surface area (Å²) in [5.41, 5.74) is 1.21. The van der Waals surface area contributed by atoms with Gasteiger partial charge in [-0.3, -0.25) is 0 Å². The second kappa shape index (κ2) is 7.66. The smallest absolute Gasteiger partial charge is 0.0469 e. The molecule has 0 fully saturated rings. The molecule has 3 heteroatoms. The lowest BCUT2D eigenvalue weighted by molar-refractivity contribution is 0.115. The molecule has 1 aromatic carbocycles. The van der Waals surface area contributed by atoms with E-state index >= 15 is 0 Å². The molecule has 1 N–H and O–H groups in total. The first-order valence-corrected chi connectivity index (χ1v) is 6.07. The van der Waals surface area contributed by atoms with Crippen LogP contribution in [-0.4, -0.2) is 24.9 Å². The van der Waals surface area contributed by atoms with Gasteiger partial charge >= 0.3 is 0 Å². The van der Waals surface area contributed by atoms with Gasteiger partial charge in [-0.1, -0.05) is 23.7 Å². The van der Waals surface area contributed by atoms with Crippen LogP contribution in [0.15, 0.2) is 24.3 Å². The molecular weight excluding hydrogens is 224 g/mol. The Bertz CT molecular complexity index is 284. The van der Waals surface area contributed by atoms with E-state index in [1.54, 1.807) is 0 Å². The van der Waals surface area contributed by atoms with Gasteiger partial charge in [-0.05, 0) is 43.4 Å². The maximum atomic E-state index is 9.26. The van der Waals surface area contributed by atoms with Crippen molar-refractivity contribution in [3.05, 3.63) is 34.9 Å². The van der Waals surface area contributed by atoms with Crippen molar-refractivity contribution in [2.75, 3.05) is 19.8 Å². The molecule has 2 nitrogen and oxygen atoms in total. The van der Waals surface area contributed by atoms with Crippen molar-refractivity contribution in [2.45, 2.75) is 19.8 Å². The van der Waals surface area contributed by atoms with Crippen molar-refractivity contribution in [2.24, 2.45) is 5.92 Å². The molecule has 16 heavy (non-hydrogen) atoms. The number of hydrogen-bond donors (Lipinski definition) is 1. The number of rotatable bonds is 7. The maximum Gasteiger partial charge on any atom is 0.0469 e. The first kappa shape index (κ1) is 13.5. The number of aliphatic hydroxyl groups is 1. The number of benzene rings is 1. The summed E-state index contributed by atoms with van der Waals surface area (Å²) in [6, 6.07) is 7.78. The predicted molar refractivity (Wildman–Crippen MR) is 66.8 cm³/mol. The van der Waals surface area contributed by atoms with Crippen LogP contribution in [0.1, 0.15) is 18.9 Å². The van der Waals surface area contributed by atoms with Gasteiger partial charge < -0.3 is 9.84 Å². The monoisotopic (exact) mass is 242 g/mol. The zero-order valence-corrected chi connectivity index (χ0v) is 10.4. The van der Waals surface area contributed by atoms with E-state index in [2.05, 4.69) is 0 Å². The van der Waals surface area contributed by atoms with Crippen LogP contribution in [-0.2, 0) is 11.2 Å². The lowest BCUT2D eigenvalue weighted by atomic mass is 9.97. The highest BCUT2D eigenvalue weighted by Crippen LogP contribution is 2.15. The van der Waals surface area contributed by atoms with Crippen LogP contribution in [0.3, 0.4) is 0 Å². The van der Waals surface area contributed by atoms with Crippen LogP contribution in [0.25, 0.3) is 0 Å². The molecule has 0 saturated carbocycles. The van der Waals surface area contributed by atoms with E-state index in [0.717, 1.165) is 31.1 Å². The molecule has 0 aliphatic heterocycles. The van der Waals surface area contributed by atoms with Gasteiger partial charge in [-0.15, -0.1) is 0 Å². The minimum atomic E-state index is 0.204. The summed E-state index contributed by atoms with van der Waals surface area (Å²) in [7, 11) is 0. The van der Waals surface area contributed by atoms with E-state index in [4.69, 9.17) is 16.3 Å². The quantitative estimate of drug-likeness (QED) is 0.745. The molecule has 90 valence electrons. The minimum absolute atomic E-state index is 0.204. The van der Waals surface area contributed by atoms with E-state index < -0.39 is 0 Å². The Balaban J connectivity index is 2.40. The molecule has 0 amide bonds. The maximum absolute atomic E-state index is 9.26. The summed E-state index contributed by atoms with van der Waals surface area (Å²) in [5.74, 6) is 0.271. The number of aliphatic hydroxyl groups excluding tert-OH is 1. The second-order valence-corrected chi connectivity index (χ2v) is 4.30. The topological polar surface area (TPSA) is 29.5 Å². The predicted octanol–water partition coefficient (Wildman–Crippen LogP) is 2.92. The van der Waals surface area contributed by atoms with Crippen LogP contribution in [0, 0.1) is 5.92 Å². The lowest BCUT2D eigenvalue weighted by Crippen LogP contribution is -2.12. The first-order valence-electron chi connectivity index (χ1n) is 5.69. The molecule has 1 aromatic rings. The molecule has 0 bridgehead atoms. The summed E-state index contributed by atoms with van der Waals surface area (Å²) < 4.78 is 5.29. The first-order chi connectivity index (χ1) is 7.76. The van der Waals surface area contributed by atoms with E-state index in [0.29, 0.717) is 0 Å². The Labute approximate surface area is 102 Å². The average Bonchev–Trinajstić information content (AvgIpc) is 2.31. The molecule has 0 saturated heterocycles. The van der Waals surface area contributed by atoms with Gasteiger partial charge in [0, 0.05) is 24.8 Å². The van der Waals surface area contributed by atoms with Gasteiger partial charge in [0.2, 0.25) is 0 Å². The lowest BCUT2D eigenvalue weighted by Gasteiger charge is -2.14. The summed E-state index contributed by atoms with van der Waals surface area (Å²) >= 11 is 5.82. The number of hydrogen-bond acceptors (Lipinski definition) is 2. The normalized spacial score (nSPS) is 12.7. The van der Waals surface area contributed by atoms with Gasteiger partial charge in [0.05, 0.1) is 0 Å². The molecule has 0 heterocycles. The largest absolute Gasteiger partial charge is 0.396 e. The van der Waals surface area contributed by atoms with Gasteiger partial charge in [-0.25, -0.2) is 0 Å². The number of halogens is 1. The molecule has 0 aromatic heterocycles. The summed E-state index contributed by atoms with van der Waals surface area (Å²) in [6.07, 6.45) is 1.77. The highest BCUT2D eigenvalue weighted by Gasteiger charge is 2.08. The fourth-order valence-electron chi connectivity index (χ4n) is 1.61. The second-order valence-electron chi connectivity index (χ2n) is 3.86. The van der Waals surface area contributed by atoms with Crippen molar-refractivity contribution in [1.29, 1.82) is 0 Å². The standard InChI is InChI=1S/C13H19ClO2/c1-2-16-8-7-12(10-15)9-11-3-5-13(14)6-4-11/h3-6,12,15H,2,7-10H2,1H3. The molecule has 1 atom stereocenters. The third-order valence-electron chi connectivity index (χ3n) is 2.57. The molecule has 0 radical (unpaired) electrons. The van der Waals surface area contributed by atoms with Gasteiger partial charge in [0.15, 0.2) is 0 Å². The Morgan fingerprint density at radius 1 is 1.31 bits per heavy atom. The summed E-state index contributed by atoms with van der Waals surface area (Å²) in [4.78, 5) is 0. The van der Waals surface area contributed by atoms with Gasteiger partial charge in [-0.2, -0.15) is 0 Å². The summed E-state index contributed by atoms with van der Waals surface area (Å²) in [6.45, 7) is 3.64. The van der Waals surface area contributed by atoms with E-state index in [-0.39, 0.29) is 12.5 Å². The molecule has 1 unspecified atom stereocenters. The molecule has 0 aliphatic rings. The minimum Gasteiger partial charge on any atom is -0.396 e. The molecule has 1 rings (SSSR count). The fourth-order valence-corrected chi connectivity index (χ4v) is 1.73. The van der Waals surface area contributed by atoms with Crippen molar-refractivity contribution in [3.8, 4) is 0 Å². The van der Waals surface area contributed by atoms with E-state index in [9.17, 15) is 5.11 Å². The van der Waals surface area contributed by atoms with Crippen molar-refractivity contribution < 1.29 is 9.84 Å². The zero-order chi connectivity index (χ0) is 11.8. The molecular formula is C13H19ClO2. The Morgan fingerprint density at radius 3 is 2.56 bits per heavy atom. The fraction of sp³-hybridized carbons (Fsp3) is 0.538. The van der Waals surface area contributed by atoms with Crippen LogP contribution in [0.4, 0.5) is 0 Å². The Kier molecular flexibility index (Phi) is 6.46. The van der Waals surface area contributed by atoms with Crippen molar-refractivity contribution in [1.82, 2.24) is 0 Å². The van der Waals surface area contributed by atoms with Crippen molar-refractivity contribution >= 4 is 11.6 Å². The van der Waals surface area contributed by atoms with E-state index in [1.165, 1.54) is 5.56 Å². The Hall–Kier alpha value is -0.570. The van der Waals surface area contributed by atoms with E-state index in [1.807, 2.05) is 31.2 Å². The van der Waals surface area contributed by atoms with Crippen LogP contribution in [0.5, 0.6) is 0 Å².